The van der Waals surface area contributed by atoms with E-state index >= 15 is 0 Å². The zero-order chi connectivity index (χ0) is 22.8. The van der Waals surface area contributed by atoms with Crippen LogP contribution in [0.2, 0.25) is 5.02 Å². The van der Waals surface area contributed by atoms with E-state index in [0.717, 1.165) is 18.4 Å². The monoisotopic (exact) mass is 455 g/mol. The third-order valence-corrected chi connectivity index (χ3v) is 6.15. The van der Waals surface area contributed by atoms with E-state index in [1.54, 1.807) is 42.5 Å². The minimum Gasteiger partial charge on any atom is -0.507 e. The van der Waals surface area contributed by atoms with Crippen molar-refractivity contribution >= 4 is 29.1 Å². The van der Waals surface area contributed by atoms with Gasteiger partial charge in [0.15, 0.2) is 0 Å². The fourth-order valence-electron chi connectivity index (χ4n) is 4.34. The third kappa shape index (κ3) is 4.25. The number of likely N-dealkylation sites (tertiary alicyclic amines) is 1. The molecule has 1 amide bonds. The van der Waals surface area contributed by atoms with Crippen LogP contribution >= 0.6 is 11.6 Å². The van der Waals surface area contributed by atoms with E-state index in [9.17, 15) is 14.7 Å². The molecule has 2 saturated heterocycles. The minimum absolute atomic E-state index is 0.0684. The van der Waals surface area contributed by atoms with Gasteiger partial charge in [-0.3, -0.25) is 9.59 Å². The average Bonchev–Trinajstić information content (AvgIpc) is 3.38. The highest BCUT2D eigenvalue weighted by Gasteiger charge is 2.47. The Balaban J connectivity index is 1.80. The molecule has 168 valence electrons. The van der Waals surface area contributed by atoms with E-state index in [4.69, 9.17) is 21.1 Å². The summed E-state index contributed by atoms with van der Waals surface area (Å²) in [7, 11) is 0. The standard InChI is InChI=1S/C25H26ClNO5/c1-3-31-20-11-8-17(13-15(20)2)23(28)21-22(16-6-9-18(26)10-7-16)27(25(30)24(21)29)14-19-5-4-12-32-19/h6-11,13,19,22,28H,3-5,12,14H2,1-2H3/b23-21-. The van der Waals surface area contributed by atoms with Crippen LogP contribution in [0.4, 0.5) is 0 Å². The number of hydrogen-bond acceptors (Lipinski definition) is 5. The summed E-state index contributed by atoms with van der Waals surface area (Å²) < 4.78 is 11.3. The Morgan fingerprint density at radius 1 is 1.22 bits per heavy atom. The summed E-state index contributed by atoms with van der Waals surface area (Å²) in [6.45, 7) is 5.23. The maximum Gasteiger partial charge on any atom is 0.295 e. The second kappa shape index (κ2) is 9.35. The van der Waals surface area contributed by atoms with Crippen LogP contribution in [-0.4, -0.2) is 47.6 Å². The van der Waals surface area contributed by atoms with Crippen molar-refractivity contribution in [2.24, 2.45) is 0 Å². The van der Waals surface area contributed by atoms with E-state index in [1.165, 1.54) is 4.90 Å². The van der Waals surface area contributed by atoms with Crippen molar-refractivity contribution in [3.8, 4) is 5.75 Å². The first-order chi connectivity index (χ1) is 15.4. The summed E-state index contributed by atoms with van der Waals surface area (Å²) in [5.74, 6) is -0.835. The number of aliphatic hydroxyl groups is 1. The number of amides is 1. The van der Waals surface area contributed by atoms with Gasteiger partial charge in [0.25, 0.3) is 11.7 Å². The van der Waals surface area contributed by atoms with Crippen molar-refractivity contribution < 1.29 is 24.2 Å². The highest BCUT2D eigenvalue weighted by molar-refractivity contribution is 6.46. The summed E-state index contributed by atoms with van der Waals surface area (Å²) in [5.41, 5.74) is 2.06. The summed E-state index contributed by atoms with van der Waals surface area (Å²) in [6.07, 6.45) is 1.62. The molecule has 2 aliphatic rings. The van der Waals surface area contributed by atoms with Gasteiger partial charge in [0.2, 0.25) is 0 Å². The van der Waals surface area contributed by atoms with Crippen LogP contribution in [0.15, 0.2) is 48.0 Å². The van der Waals surface area contributed by atoms with Gasteiger partial charge in [0.1, 0.15) is 11.5 Å². The van der Waals surface area contributed by atoms with Crippen molar-refractivity contribution in [3.63, 3.8) is 0 Å². The van der Waals surface area contributed by atoms with Crippen LogP contribution in [0.1, 0.15) is 42.5 Å². The van der Waals surface area contributed by atoms with Crippen LogP contribution in [-0.2, 0) is 14.3 Å². The van der Waals surface area contributed by atoms with Gasteiger partial charge in [-0.15, -0.1) is 0 Å². The van der Waals surface area contributed by atoms with Gasteiger partial charge < -0.3 is 19.5 Å². The van der Waals surface area contributed by atoms with Crippen LogP contribution in [0, 0.1) is 6.92 Å². The van der Waals surface area contributed by atoms with E-state index in [2.05, 4.69) is 0 Å². The number of rotatable bonds is 6. The van der Waals surface area contributed by atoms with E-state index in [0.29, 0.717) is 35.1 Å². The number of ketones is 1. The quantitative estimate of drug-likeness (QED) is 0.390. The fourth-order valence-corrected chi connectivity index (χ4v) is 4.46. The molecule has 6 nitrogen and oxygen atoms in total. The third-order valence-electron chi connectivity index (χ3n) is 5.90. The van der Waals surface area contributed by atoms with Crippen LogP contribution in [0.5, 0.6) is 5.75 Å². The zero-order valence-electron chi connectivity index (χ0n) is 18.1. The van der Waals surface area contributed by atoms with E-state index < -0.39 is 17.7 Å². The molecular weight excluding hydrogens is 430 g/mol. The number of benzene rings is 2. The Labute approximate surface area is 192 Å². The molecule has 2 aliphatic heterocycles. The lowest BCUT2D eigenvalue weighted by atomic mass is 9.94. The van der Waals surface area contributed by atoms with Crippen LogP contribution in [0.3, 0.4) is 0 Å². The predicted octanol–water partition coefficient (Wildman–Crippen LogP) is 4.65. The number of carbonyl (C=O) groups excluding carboxylic acids is 2. The molecule has 0 aliphatic carbocycles. The zero-order valence-corrected chi connectivity index (χ0v) is 18.9. The lowest BCUT2D eigenvalue weighted by Crippen LogP contribution is -2.36. The molecule has 4 rings (SSSR count). The number of nitrogens with zero attached hydrogens (tertiary/aromatic N) is 1. The molecule has 32 heavy (non-hydrogen) atoms. The molecule has 0 bridgehead atoms. The van der Waals surface area contributed by atoms with Gasteiger partial charge in [0.05, 0.1) is 24.3 Å². The first-order valence-electron chi connectivity index (χ1n) is 10.8. The molecule has 0 saturated carbocycles. The van der Waals surface area contributed by atoms with Gasteiger partial charge in [-0.2, -0.15) is 0 Å². The smallest absolute Gasteiger partial charge is 0.295 e. The topological polar surface area (TPSA) is 76.1 Å². The van der Waals surface area contributed by atoms with Crippen molar-refractivity contribution in [1.82, 2.24) is 4.90 Å². The molecule has 2 unspecified atom stereocenters. The molecule has 2 aromatic rings. The van der Waals surface area contributed by atoms with Crippen LogP contribution < -0.4 is 4.74 Å². The molecule has 1 N–H and O–H groups in total. The van der Waals surface area contributed by atoms with Crippen molar-refractivity contribution in [2.45, 2.75) is 38.8 Å². The fraction of sp³-hybridized carbons (Fsp3) is 0.360. The Kier molecular flexibility index (Phi) is 6.53. The second-order valence-electron chi connectivity index (χ2n) is 8.05. The Morgan fingerprint density at radius 3 is 2.59 bits per heavy atom. The van der Waals surface area contributed by atoms with E-state index in [1.807, 2.05) is 13.8 Å². The predicted molar refractivity (Wildman–Crippen MR) is 122 cm³/mol. The first-order valence-corrected chi connectivity index (χ1v) is 11.2. The van der Waals surface area contributed by atoms with E-state index in [-0.39, 0.29) is 24.0 Å². The summed E-state index contributed by atoms with van der Waals surface area (Å²) >= 11 is 6.06. The van der Waals surface area contributed by atoms with Gasteiger partial charge >= 0.3 is 0 Å². The van der Waals surface area contributed by atoms with Crippen molar-refractivity contribution in [2.75, 3.05) is 19.8 Å². The maximum absolute atomic E-state index is 13.1. The van der Waals surface area contributed by atoms with Gasteiger partial charge in [-0.05, 0) is 68.1 Å². The number of aryl methyl sites for hydroxylation is 1. The Bertz CT molecular complexity index is 1060. The average molecular weight is 456 g/mol. The molecule has 2 heterocycles. The van der Waals surface area contributed by atoms with Crippen molar-refractivity contribution in [1.29, 1.82) is 0 Å². The van der Waals surface area contributed by atoms with Gasteiger partial charge in [-0.1, -0.05) is 23.7 Å². The number of ether oxygens (including phenoxy) is 2. The largest absolute Gasteiger partial charge is 0.507 e. The lowest BCUT2D eigenvalue weighted by Gasteiger charge is -2.27. The summed E-state index contributed by atoms with van der Waals surface area (Å²) in [6, 6.07) is 11.5. The first kappa shape index (κ1) is 22.4. The van der Waals surface area contributed by atoms with Gasteiger partial charge in [-0.25, -0.2) is 0 Å². The molecule has 0 spiro atoms. The molecule has 0 radical (unpaired) electrons. The summed E-state index contributed by atoms with van der Waals surface area (Å²) in [4.78, 5) is 27.6. The molecule has 2 atom stereocenters. The molecule has 0 aromatic heterocycles. The van der Waals surface area contributed by atoms with Crippen molar-refractivity contribution in [3.05, 3.63) is 69.8 Å². The number of Topliss-reactive ketones (excluding diaryl/α,β-unsaturated/α-hetero) is 1. The summed E-state index contributed by atoms with van der Waals surface area (Å²) in [5, 5.41) is 11.7. The highest BCUT2D eigenvalue weighted by atomic mass is 35.5. The number of hydrogen-bond donors (Lipinski definition) is 1. The molecule has 2 aromatic carbocycles. The molecule has 2 fully saturated rings. The maximum atomic E-state index is 13.1. The van der Waals surface area contributed by atoms with Crippen LogP contribution in [0.25, 0.3) is 5.76 Å². The molecular formula is C25H26ClNO5. The minimum atomic E-state index is -0.719. The Morgan fingerprint density at radius 2 is 1.97 bits per heavy atom. The number of carbonyl (C=O) groups is 2. The second-order valence-corrected chi connectivity index (χ2v) is 8.49. The van der Waals surface area contributed by atoms with Gasteiger partial charge in [0, 0.05) is 23.7 Å². The lowest BCUT2D eigenvalue weighted by molar-refractivity contribution is -0.140. The normalized spacial score (nSPS) is 22.5. The SMILES string of the molecule is CCOc1ccc(/C(O)=C2/C(=O)C(=O)N(CC3CCCO3)C2c2ccc(Cl)cc2)cc1C. The number of halogens is 1. The molecule has 7 heteroatoms. The number of aliphatic hydroxyl groups excluding tert-OH is 1. The highest BCUT2D eigenvalue weighted by Crippen LogP contribution is 2.40. The Hall–Kier alpha value is -2.83.